The van der Waals surface area contributed by atoms with Gasteiger partial charge in [-0.05, 0) is 79.2 Å². The van der Waals surface area contributed by atoms with Crippen LogP contribution in [0.5, 0.6) is 0 Å². The van der Waals surface area contributed by atoms with E-state index >= 15 is 0 Å². The molecule has 0 spiro atoms. The smallest absolute Gasteiger partial charge is 0.272 e. The number of amides is 2. The van der Waals surface area contributed by atoms with Crippen LogP contribution in [0.3, 0.4) is 0 Å². The third-order valence-corrected chi connectivity index (χ3v) is 6.58. The Balaban J connectivity index is 1.43. The molecule has 4 aromatic carbocycles. The van der Waals surface area contributed by atoms with E-state index in [1.54, 1.807) is 54.6 Å². The second kappa shape index (κ2) is 12.7. The molecule has 4 aromatic rings. The van der Waals surface area contributed by atoms with E-state index in [-0.39, 0.29) is 23.1 Å². The van der Waals surface area contributed by atoms with E-state index in [0.29, 0.717) is 16.8 Å². The number of thioether (sulfide) groups is 1. The number of carbonyl (C=O) groups excluding carboxylic acids is 3. The third kappa shape index (κ3) is 7.51. The van der Waals surface area contributed by atoms with Crippen LogP contribution in [0.2, 0.25) is 0 Å². The predicted molar refractivity (Wildman–Crippen MR) is 150 cm³/mol. The van der Waals surface area contributed by atoms with E-state index in [0.717, 1.165) is 16.0 Å². The molecule has 0 aliphatic heterocycles. The van der Waals surface area contributed by atoms with E-state index in [4.69, 9.17) is 0 Å². The van der Waals surface area contributed by atoms with Gasteiger partial charge in [0, 0.05) is 21.7 Å². The van der Waals surface area contributed by atoms with Gasteiger partial charge in [-0.2, -0.15) is 0 Å². The van der Waals surface area contributed by atoms with Crippen LogP contribution in [0.25, 0.3) is 6.08 Å². The Bertz CT molecular complexity index is 1450. The van der Waals surface area contributed by atoms with Gasteiger partial charge in [0.05, 0.1) is 5.75 Å². The van der Waals surface area contributed by atoms with Crippen molar-refractivity contribution in [2.24, 2.45) is 0 Å². The molecule has 0 atom stereocenters. The first-order chi connectivity index (χ1) is 18.4. The van der Waals surface area contributed by atoms with Crippen LogP contribution < -0.4 is 10.6 Å². The zero-order chi connectivity index (χ0) is 26.9. The predicted octanol–water partition coefficient (Wildman–Crippen LogP) is 6.52. The molecule has 7 heteroatoms. The summed E-state index contributed by atoms with van der Waals surface area (Å²) in [7, 11) is 0. The molecular weight excluding hydrogens is 499 g/mol. The lowest BCUT2D eigenvalue weighted by atomic mass is 10.1. The van der Waals surface area contributed by atoms with Gasteiger partial charge in [0.2, 0.25) is 0 Å². The van der Waals surface area contributed by atoms with Gasteiger partial charge < -0.3 is 10.6 Å². The number of benzene rings is 4. The maximum absolute atomic E-state index is 13.2. The third-order valence-electron chi connectivity index (χ3n) is 5.57. The Morgan fingerprint density at radius 2 is 1.45 bits per heavy atom. The first kappa shape index (κ1) is 26.6. The average Bonchev–Trinajstić information content (AvgIpc) is 2.94. The van der Waals surface area contributed by atoms with E-state index < -0.39 is 11.8 Å². The topological polar surface area (TPSA) is 75.3 Å². The van der Waals surface area contributed by atoms with E-state index in [9.17, 15) is 18.8 Å². The molecule has 0 fully saturated rings. The minimum Gasteiger partial charge on any atom is -0.321 e. The molecule has 0 radical (unpaired) electrons. The van der Waals surface area contributed by atoms with Crippen molar-refractivity contribution in [3.63, 3.8) is 0 Å². The van der Waals surface area contributed by atoms with Gasteiger partial charge >= 0.3 is 0 Å². The Morgan fingerprint density at radius 1 is 0.789 bits per heavy atom. The van der Waals surface area contributed by atoms with Crippen molar-refractivity contribution in [3.8, 4) is 0 Å². The molecule has 0 unspecified atom stereocenters. The Kier molecular flexibility index (Phi) is 8.85. The summed E-state index contributed by atoms with van der Waals surface area (Å²) in [6, 6.07) is 28.8. The van der Waals surface area contributed by atoms with Crippen molar-refractivity contribution in [1.29, 1.82) is 0 Å². The number of ketones is 1. The van der Waals surface area contributed by atoms with Crippen LogP contribution in [0, 0.1) is 12.7 Å². The number of nitrogens with one attached hydrogen (secondary N) is 2. The number of aryl methyl sites for hydroxylation is 1. The molecule has 0 aliphatic rings. The van der Waals surface area contributed by atoms with Crippen LogP contribution in [0.1, 0.15) is 31.8 Å². The first-order valence-corrected chi connectivity index (χ1v) is 12.8. The lowest BCUT2D eigenvalue weighted by Gasteiger charge is -2.12. The van der Waals surface area contributed by atoms with E-state index in [1.807, 2.05) is 37.3 Å². The number of rotatable bonds is 9. The summed E-state index contributed by atoms with van der Waals surface area (Å²) in [6.45, 7) is 1.97. The van der Waals surface area contributed by atoms with Gasteiger partial charge in [0.1, 0.15) is 11.5 Å². The maximum Gasteiger partial charge on any atom is 0.272 e. The number of Topliss-reactive ketones (excluding diaryl/α,β-unsaturated/α-hetero) is 1. The van der Waals surface area contributed by atoms with E-state index in [1.165, 1.54) is 36.0 Å². The average molecular weight is 525 g/mol. The fourth-order valence-corrected chi connectivity index (χ4v) is 4.27. The molecule has 0 saturated heterocycles. The van der Waals surface area contributed by atoms with Crippen molar-refractivity contribution in [1.82, 2.24) is 5.32 Å². The highest BCUT2D eigenvalue weighted by atomic mass is 32.2. The molecule has 190 valence electrons. The van der Waals surface area contributed by atoms with Crippen LogP contribution in [-0.2, 0) is 4.79 Å². The molecule has 0 aliphatic carbocycles. The number of anilines is 1. The van der Waals surface area contributed by atoms with Gasteiger partial charge in [-0.3, -0.25) is 14.4 Å². The highest BCUT2D eigenvalue weighted by Crippen LogP contribution is 2.22. The lowest BCUT2D eigenvalue weighted by Crippen LogP contribution is -2.30. The Labute approximate surface area is 224 Å². The highest BCUT2D eigenvalue weighted by Gasteiger charge is 2.15. The lowest BCUT2D eigenvalue weighted by molar-refractivity contribution is -0.113. The minimum absolute atomic E-state index is 0.103. The molecule has 0 bridgehead atoms. The zero-order valence-electron chi connectivity index (χ0n) is 20.6. The zero-order valence-corrected chi connectivity index (χ0v) is 21.4. The first-order valence-electron chi connectivity index (χ1n) is 11.8. The summed E-state index contributed by atoms with van der Waals surface area (Å²) in [5.41, 5.74) is 3.38. The summed E-state index contributed by atoms with van der Waals surface area (Å²) in [5, 5.41) is 5.54. The van der Waals surface area contributed by atoms with Crippen LogP contribution in [-0.4, -0.2) is 23.4 Å². The molecular formula is C31H25FN2O3S. The molecule has 2 N–H and O–H groups in total. The highest BCUT2D eigenvalue weighted by molar-refractivity contribution is 8.00. The number of carbonyl (C=O) groups is 3. The van der Waals surface area contributed by atoms with Gasteiger partial charge in [0.15, 0.2) is 5.78 Å². The SMILES string of the molecule is Cc1ccc(/C=C(\NC(=O)c2ccccc2)C(=O)Nc2ccc(SCC(=O)c3ccc(F)cc3)cc2)cc1. The second-order valence-electron chi connectivity index (χ2n) is 8.49. The number of hydrogen-bond donors (Lipinski definition) is 2. The van der Waals surface area contributed by atoms with Gasteiger partial charge in [-0.15, -0.1) is 11.8 Å². The van der Waals surface area contributed by atoms with Gasteiger partial charge in [0.25, 0.3) is 11.8 Å². The maximum atomic E-state index is 13.2. The monoisotopic (exact) mass is 524 g/mol. The second-order valence-corrected chi connectivity index (χ2v) is 9.53. The van der Waals surface area contributed by atoms with Crippen LogP contribution in [0.15, 0.2) is 114 Å². The van der Waals surface area contributed by atoms with Gasteiger partial charge in [-0.25, -0.2) is 4.39 Å². The normalized spacial score (nSPS) is 11.1. The molecule has 0 saturated carbocycles. The van der Waals surface area contributed by atoms with Gasteiger partial charge in [-0.1, -0.05) is 48.0 Å². The van der Waals surface area contributed by atoms with Crippen molar-refractivity contribution in [2.45, 2.75) is 11.8 Å². The Morgan fingerprint density at radius 3 is 2.11 bits per heavy atom. The molecule has 0 heterocycles. The quantitative estimate of drug-likeness (QED) is 0.149. The summed E-state index contributed by atoms with van der Waals surface area (Å²) in [6.07, 6.45) is 1.63. The largest absolute Gasteiger partial charge is 0.321 e. The molecule has 4 rings (SSSR count). The molecule has 38 heavy (non-hydrogen) atoms. The van der Waals surface area contributed by atoms with Crippen molar-refractivity contribution in [3.05, 3.63) is 137 Å². The molecule has 5 nitrogen and oxygen atoms in total. The fraction of sp³-hybridized carbons (Fsp3) is 0.0645. The standard InChI is InChI=1S/C31H25FN2O3S/c1-21-7-9-22(10-8-21)19-28(34-30(36)24-5-3-2-4-6-24)31(37)33-26-15-17-27(18-16-26)38-20-29(35)23-11-13-25(32)14-12-23/h2-19H,20H2,1H3,(H,33,37)(H,34,36)/b28-19-. The summed E-state index contributed by atoms with van der Waals surface area (Å²) >= 11 is 1.35. The van der Waals surface area contributed by atoms with Crippen molar-refractivity contribution >= 4 is 41.1 Å². The van der Waals surface area contributed by atoms with Crippen LogP contribution >= 0.6 is 11.8 Å². The minimum atomic E-state index is -0.471. The van der Waals surface area contributed by atoms with Crippen molar-refractivity contribution < 1.29 is 18.8 Å². The summed E-state index contributed by atoms with van der Waals surface area (Å²) in [4.78, 5) is 39.1. The molecule has 0 aromatic heterocycles. The fourth-order valence-electron chi connectivity index (χ4n) is 3.47. The summed E-state index contributed by atoms with van der Waals surface area (Å²) < 4.78 is 13.1. The van der Waals surface area contributed by atoms with E-state index in [2.05, 4.69) is 10.6 Å². The molecule has 2 amide bonds. The summed E-state index contributed by atoms with van der Waals surface area (Å²) in [5.74, 6) is -1.15. The Hall–Kier alpha value is -4.49. The number of halogens is 1. The van der Waals surface area contributed by atoms with Crippen molar-refractivity contribution in [2.75, 3.05) is 11.1 Å². The number of hydrogen-bond acceptors (Lipinski definition) is 4. The van der Waals surface area contributed by atoms with Crippen LogP contribution in [0.4, 0.5) is 10.1 Å².